The molecule has 1 aliphatic heterocycles. The van der Waals surface area contributed by atoms with Crippen LogP contribution in [0.25, 0.3) is 0 Å². The lowest BCUT2D eigenvalue weighted by atomic mass is 10.5. The van der Waals surface area contributed by atoms with E-state index in [2.05, 4.69) is 5.32 Å². The standard InChI is InChI=1S/C4HINO2.Al.2H/c5-2-1-3(7)6-4(2)8;;;/h(H,6,7,8);;;. The van der Waals surface area contributed by atoms with Crippen molar-refractivity contribution in [2.45, 2.75) is 0 Å². The molecular formula is C4H3AlINO2. The van der Waals surface area contributed by atoms with Gasteiger partial charge in [-0.05, 0) is 27.0 Å². The largest absolute Gasteiger partial charge is 0.289 e. The highest BCUT2D eigenvalue weighted by Gasteiger charge is 2.23. The van der Waals surface area contributed by atoms with Crippen LogP contribution in [0, 0.1) is 0 Å². The lowest BCUT2D eigenvalue weighted by Crippen LogP contribution is -2.22. The van der Waals surface area contributed by atoms with Crippen molar-refractivity contribution in [2.75, 3.05) is 0 Å². The Morgan fingerprint density at radius 1 is 1.33 bits per heavy atom. The van der Waals surface area contributed by atoms with Crippen molar-refractivity contribution >= 4 is 50.7 Å². The van der Waals surface area contributed by atoms with E-state index in [9.17, 15) is 9.59 Å². The fraction of sp³-hybridized carbons (Fsp3) is 0. The van der Waals surface area contributed by atoms with Crippen LogP contribution in [-0.2, 0) is 9.59 Å². The summed E-state index contributed by atoms with van der Waals surface area (Å²) in [6.45, 7) is 0. The molecule has 0 fully saturated rings. The molecule has 0 spiro atoms. The third-order valence-corrected chi connectivity index (χ3v) is 4.37. The molecule has 1 aliphatic rings. The van der Waals surface area contributed by atoms with Crippen LogP contribution in [0.2, 0.25) is 0 Å². The summed E-state index contributed by atoms with van der Waals surface area (Å²) in [5.41, 5.74) is 0. The summed E-state index contributed by atoms with van der Waals surface area (Å²) < 4.78 is 1.21. The minimum atomic E-state index is -0.245. The van der Waals surface area contributed by atoms with Crippen molar-refractivity contribution in [3.05, 3.63) is 8.01 Å². The van der Waals surface area contributed by atoms with Gasteiger partial charge in [0.05, 0.1) is 3.58 Å². The Balaban J connectivity index is 3.06. The molecule has 9 heavy (non-hydrogen) atoms. The van der Waals surface area contributed by atoms with Crippen molar-refractivity contribution in [2.24, 2.45) is 0 Å². The van der Waals surface area contributed by atoms with Crippen LogP contribution in [-0.4, -0.2) is 28.1 Å². The molecule has 0 aromatic rings. The highest BCUT2D eigenvalue weighted by atomic mass is 127. The molecule has 0 radical (unpaired) electrons. The van der Waals surface area contributed by atoms with Crippen LogP contribution < -0.4 is 5.32 Å². The van der Waals surface area contributed by atoms with Crippen molar-refractivity contribution < 1.29 is 9.59 Å². The summed E-state index contributed by atoms with van der Waals surface area (Å²) in [4.78, 5) is 21.3. The van der Waals surface area contributed by atoms with Crippen LogP contribution in [0.4, 0.5) is 0 Å². The molecule has 0 unspecified atom stereocenters. The number of imide groups is 1. The molecule has 0 aliphatic carbocycles. The quantitative estimate of drug-likeness (QED) is 0.338. The first kappa shape index (κ1) is 7.25. The van der Waals surface area contributed by atoms with Crippen molar-refractivity contribution in [3.63, 3.8) is 0 Å². The number of hydrogen-bond acceptors (Lipinski definition) is 2. The van der Waals surface area contributed by atoms with Gasteiger partial charge in [-0.2, -0.15) is 0 Å². The first-order chi connectivity index (χ1) is 4.13. The molecule has 0 atom stereocenters. The van der Waals surface area contributed by atoms with Gasteiger partial charge in [-0.3, -0.25) is 14.9 Å². The first-order valence-electron chi connectivity index (χ1n) is 2.35. The monoisotopic (exact) mass is 251 g/mol. The van der Waals surface area contributed by atoms with Crippen molar-refractivity contribution in [3.8, 4) is 0 Å². The topological polar surface area (TPSA) is 46.2 Å². The first-order valence-corrected chi connectivity index (χ1v) is 4.43. The Labute approximate surface area is 73.4 Å². The van der Waals surface area contributed by atoms with Crippen LogP contribution in [0.5, 0.6) is 0 Å². The minimum Gasteiger partial charge on any atom is -0.289 e. The van der Waals surface area contributed by atoms with Gasteiger partial charge in [0.2, 0.25) is 5.91 Å². The van der Waals surface area contributed by atoms with Crippen LogP contribution >= 0.6 is 22.6 Å². The molecular weight excluding hydrogens is 248 g/mol. The maximum absolute atomic E-state index is 10.6. The van der Waals surface area contributed by atoms with E-state index in [4.69, 9.17) is 0 Å². The van der Waals surface area contributed by atoms with Crippen LogP contribution in [0.15, 0.2) is 8.01 Å². The molecule has 0 aromatic carbocycles. The zero-order chi connectivity index (χ0) is 7.02. The van der Waals surface area contributed by atoms with E-state index >= 15 is 0 Å². The SMILES string of the molecule is O=C1NC(=O)C(I)=[C]1[AlH2]. The minimum absolute atomic E-state index is 0.212. The zero-order valence-electron chi connectivity index (χ0n) is 4.69. The molecule has 5 heteroatoms. The summed E-state index contributed by atoms with van der Waals surface area (Å²) in [6, 6.07) is 0. The van der Waals surface area contributed by atoms with E-state index in [0.29, 0.717) is 24.3 Å². The summed E-state index contributed by atoms with van der Waals surface area (Å²) in [7, 11) is 0. The van der Waals surface area contributed by atoms with Gasteiger partial charge in [0, 0.05) is 0 Å². The lowest BCUT2D eigenvalue weighted by Gasteiger charge is -1.84. The van der Waals surface area contributed by atoms with Gasteiger partial charge < -0.3 is 0 Å². The number of carbonyl (C=O) groups excluding carboxylic acids is 2. The van der Waals surface area contributed by atoms with E-state index in [1.54, 1.807) is 0 Å². The zero-order valence-corrected chi connectivity index (χ0v) is 8.85. The van der Waals surface area contributed by atoms with Gasteiger partial charge in [0.15, 0.2) is 0 Å². The van der Waals surface area contributed by atoms with E-state index in [1.165, 1.54) is 0 Å². The molecule has 3 nitrogen and oxygen atoms in total. The highest BCUT2D eigenvalue weighted by molar-refractivity contribution is 14.1. The fourth-order valence-corrected chi connectivity index (χ4v) is 1.25. The summed E-state index contributed by atoms with van der Waals surface area (Å²) >= 11 is 2.53. The molecule has 1 rings (SSSR count). The van der Waals surface area contributed by atoms with E-state index in [0.717, 1.165) is 0 Å². The predicted molar refractivity (Wildman–Crippen MR) is 42.7 cm³/mol. The average Bonchev–Trinajstić information content (AvgIpc) is 1.98. The Kier molecular flexibility index (Phi) is 1.94. The van der Waals surface area contributed by atoms with Gasteiger partial charge in [-0.1, -0.05) is 0 Å². The molecule has 1 N–H and O–H groups in total. The normalized spacial score (nSPS) is 18.8. The maximum atomic E-state index is 10.6. The molecule has 0 saturated carbocycles. The summed E-state index contributed by atoms with van der Waals surface area (Å²) in [5.74, 6) is -0.457. The number of carbonyl (C=O) groups is 2. The lowest BCUT2D eigenvalue weighted by molar-refractivity contribution is -0.123. The molecule has 46 valence electrons. The van der Waals surface area contributed by atoms with Gasteiger partial charge in [0.25, 0.3) is 22.2 Å². The number of nitrogens with one attached hydrogen (secondary N) is 1. The maximum Gasteiger partial charge on any atom is 0.270 e. The molecule has 2 amide bonds. The second-order valence-corrected chi connectivity index (χ2v) is 3.80. The van der Waals surface area contributed by atoms with Gasteiger partial charge in [-0.25, -0.2) is 0 Å². The smallest absolute Gasteiger partial charge is 0.270 e. The molecule has 0 saturated heterocycles. The Morgan fingerprint density at radius 2 is 1.89 bits per heavy atom. The predicted octanol–water partition coefficient (Wildman–Crippen LogP) is -1.08. The van der Waals surface area contributed by atoms with Gasteiger partial charge in [0.1, 0.15) is 0 Å². The molecule has 0 bridgehead atoms. The average molecular weight is 251 g/mol. The third kappa shape index (κ3) is 1.18. The number of rotatable bonds is 0. The van der Waals surface area contributed by atoms with Gasteiger partial charge in [-0.15, -0.1) is 0 Å². The van der Waals surface area contributed by atoms with Gasteiger partial charge >= 0.3 is 0 Å². The second-order valence-electron chi connectivity index (χ2n) is 1.72. The Bertz CT molecular complexity index is 201. The summed E-state index contributed by atoms with van der Waals surface area (Å²) in [5, 5.41) is 2.19. The van der Waals surface area contributed by atoms with E-state index in [1.807, 2.05) is 22.6 Å². The third-order valence-electron chi connectivity index (χ3n) is 1.10. The number of halogens is 1. The summed E-state index contributed by atoms with van der Waals surface area (Å²) in [6.07, 6.45) is 0. The number of amides is 2. The van der Waals surface area contributed by atoms with E-state index in [-0.39, 0.29) is 11.8 Å². The van der Waals surface area contributed by atoms with E-state index < -0.39 is 0 Å². The Hall–Kier alpha value is 0.142. The van der Waals surface area contributed by atoms with Crippen molar-refractivity contribution in [1.29, 1.82) is 0 Å². The molecule has 0 aromatic heterocycles. The van der Waals surface area contributed by atoms with Crippen LogP contribution in [0.3, 0.4) is 0 Å². The number of hydrogen-bond donors (Lipinski definition) is 1. The fourth-order valence-electron chi connectivity index (χ4n) is 0.522. The van der Waals surface area contributed by atoms with Crippen LogP contribution in [0.1, 0.15) is 0 Å². The second kappa shape index (κ2) is 2.40. The molecule has 1 heterocycles. The highest BCUT2D eigenvalue weighted by Crippen LogP contribution is 2.15. The Morgan fingerprint density at radius 3 is 2.00 bits per heavy atom. The van der Waals surface area contributed by atoms with Crippen molar-refractivity contribution in [1.82, 2.24) is 5.32 Å².